The van der Waals surface area contributed by atoms with Gasteiger partial charge < -0.3 is 10.1 Å². The Labute approximate surface area is 204 Å². The number of hydrogen-bond acceptors (Lipinski definition) is 5. The van der Waals surface area contributed by atoms with Crippen LogP contribution < -0.4 is 10.1 Å². The molecule has 0 aliphatic heterocycles. The number of nitrogens with zero attached hydrogens (tertiary/aromatic N) is 3. The lowest BCUT2D eigenvalue weighted by Gasteiger charge is -2.12. The second-order valence-corrected chi connectivity index (χ2v) is 8.46. The highest BCUT2D eigenvalue weighted by molar-refractivity contribution is 7.99. The summed E-state index contributed by atoms with van der Waals surface area (Å²) >= 11 is 6.71. The Bertz CT molecular complexity index is 1150. The number of halogens is 4. The van der Waals surface area contributed by atoms with E-state index in [1.807, 2.05) is 24.3 Å². The molecule has 34 heavy (non-hydrogen) atoms. The van der Waals surface area contributed by atoms with Gasteiger partial charge in [-0.05, 0) is 42.3 Å². The molecule has 3 aromatic rings. The summed E-state index contributed by atoms with van der Waals surface area (Å²) in [5.74, 6) is 0.663. The average Bonchev–Trinajstić information content (AvgIpc) is 3.19. The number of allylic oxidation sites excluding steroid dienone is 1. The molecule has 1 N–H and O–H groups in total. The standard InChI is InChI=1S/C23H22ClF3N4O2S/c1-3-11-31-20(13-33-17-8-5-15(4-2)6-9-17)29-30-22(31)34-14-21(32)28-16-7-10-19(24)18(12-16)23(25,26)27/h3,5-10,12H,1,4,11,13-14H2,2H3,(H,28,32). The Morgan fingerprint density at radius 3 is 2.62 bits per heavy atom. The van der Waals surface area contributed by atoms with Gasteiger partial charge in [0.25, 0.3) is 0 Å². The number of nitrogens with one attached hydrogen (secondary N) is 1. The highest BCUT2D eigenvalue weighted by atomic mass is 35.5. The molecule has 1 aromatic heterocycles. The van der Waals surface area contributed by atoms with Crippen molar-refractivity contribution >= 4 is 35.0 Å². The van der Waals surface area contributed by atoms with E-state index in [0.717, 1.165) is 30.3 Å². The van der Waals surface area contributed by atoms with Crippen LogP contribution in [-0.2, 0) is 30.5 Å². The van der Waals surface area contributed by atoms with Gasteiger partial charge in [-0.1, -0.05) is 48.5 Å². The lowest BCUT2D eigenvalue weighted by molar-refractivity contribution is -0.137. The molecule has 0 bridgehead atoms. The van der Waals surface area contributed by atoms with Gasteiger partial charge in [-0.3, -0.25) is 9.36 Å². The van der Waals surface area contributed by atoms with Gasteiger partial charge in [0.05, 0.1) is 16.3 Å². The van der Waals surface area contributed by atoms with E-state index in [-0.39, 0.29) is 18.0 Å². The molecule has 2 aromatic carbocycles. The van der Waals surface area contributed by atoms with Crippen molar-refractivity contribution in [3.63, 3.8) is 0 Å². The zero-order valence-electron chi connectivity index (χ0n) is 18.2. The molecule has 0 saturated heterocycles. The highest BCUT2D eigenvalue weighted by Crippen LogP contribution is 2.36. The zero-order chi connectivity index (χ0) is 24.7. The molecule has 0 unspecified atom stereocenters. The van der Waals surface area contributed by atoms with Gasteiger partial charge in [0.2, 0.25) is 5.91 Å². The minimum atomic E-state index is -4.62. The number of alkyl halides is 3. The van der Waals surface area contributed by atoms with Gasteiger partial charge in [-0.2, -0.15) is 13.2 Å². The van der Waals surface area contributed by atoms with Crippen molar-refractivity contribution in [1.82, 2.24) is 14.8 Å². The van der Waals surface area contributed by atoms with Gasteiger partial charge in [0, 0.05) is 12.2 Å². The molecule has 0 aliphatic carbocycles. The Kier molecular flexibility index (Phi) is 8.62. The van der Waals surface area contributed by atoms with Crippen LogP contribution in [0, 0.1) is 0 Å². The summed E-state index contributed by atoms with van der Waals surface area (Å²) in [4.78, 5) is 12.3. The molecule has 0 saturated carbocycles. The fraction of sp³-hybridized carbons (Fsp3) is 0.261. The van der Waals surface area contributed by atoms with E-state index in [4.69, 9.17) is 16.3 Å². The summed E-state index contributed by atoms with van der Waals surface area (Å²) in [5.41, 5.74) is 0.185. The number of carbonyl (C=O) groups excluding carboxylic acids is 1. The third-order valence-electron chi connectivity index (χ3n) is 4.69. The fourth-order valence-electron chi connectivity index (χ4n) is 2.96. The van der Waals surface area contributed by atoms with Crippen LogP contribution in [0.3, 0.4) is 0 Å². The van der Waals surface area contributed by atoms with Crippen molar-refractivity contribution in [2.45, 2.75) is 37.8 Å². The highest BCUT2D eigenvalue weighted by Gasteiger charge is 2.33. The monoisotopic (exact) mass is 510 g/mol. The lowest BCUT2D eigenvalue weighted by Crippen LogP contribution is -2.16. The molecule has 180 valence electrons. The summed E-state index contributed by atoms with van der Waals surface area (Å²) in [6, 6.07) is 10.9. The van der Waals surface area contributed by atoms with Gasteiger partial charge in [-0.25, -0.2) is 0 Å². The van der Waals surface area contributed by atoms with Crippen LogP contribution in [0.2, 0.25) is 5.02 Å². The van der Waals surface area contributed by atoms with Crippen molar-refractivity contribution in [2.75, 3.05) is 11.1 Å². The third-order valence-corrected chi connectivity index (χ3v) is 5.99. The molecule has 6 nitrogen and oxygen atoms in total. The third kappa shape index (κ3) is 6.77. The van der Waals surface area contributed by atoms with Crippen LogP contribution in [0.25, 0.3) is 0 Å². The van der Waals surface area contributed by atoms with E-state index in [1.54, 1.807) is 10.6 Å². The van der Waals surface area contributed by atoms with Crippen molar-refractivity contribution in [1.29, 1.82) is 0 Å². The molecule has 0 aliphatic rings. The maximum Gasteiger partial charge on any atom is 0.417 e. The van der Waals surface area contributed by atoms with Gasteiger partial charge in [0.1, 0.15) is 12.4 Å². The number of aryl methyl sites for hydroxylation is 1. The van der Waals surface area contributed by atoms with Crippen molar-refractivity contribution in [2.24, 2.45) is 0 Å². The van der Waals surface area contributed by atoms with E-state index in [1.165, 1.54) is 11.6 Å². The van der Waals surface area contributed by atoms with E-state index >= 15 is 0 Å². The first-order valence-corrected chi connectivity index (χ1v) is 11.6. The minimum Gasteiger partial charge on any atom is -0.486 e. The summed E-state index contributed by atoms with van der Waals surface area (Å²) in [6.45, 7) is 6.37. The number of carbonyl (C=O) groups is 1. The predicted octanol–water partition coefficient (Wildman–Crippen LogP) is 6.01. The second kappa shape index (κ2) is 11.4. The number of anilines is 1. The molecule has 0 radical (unpaired) electrons. The largest absolute Gasteiger partial charge is 0.486 e. The van der Waals surface area contributed by atoms with E-state index in [2.05, 4.69) is 29.0 Å². The molecule has 0 spiro atoms. The summed E-state index contributed by atoms with van der Waals surface area (Å²) in [6.07, 6.45) is -2.02. The molecule has 0 fully saturated rings. The van der Waals surface area contributed by atoms with Gasteiger partial charge >= 0.3 is 6.18 Å². The normalized spacial score (nSPS) is 11.3. The van der Waals surface area contributed by atoms with Crippen LogP contribution in [0.4, 0.5) is 18.9 Å². The maximum atomic E-state index is 13.0. The molecular formula is C23H22ClF3N4O2S. The van der Waals surface area contributed by atoms with Crippen molar-refractivity contribution in [3.8, 4) is 5.75 Å². The number of amides is 1. The van der Waals surface area contributed by atoms with E-state index in [0.29, 0.717) is 23.3 Å². The van der Waals surface area contributed by atoms with Crippen molar-refractivity contribution in [3.05, 3.63) is 77.1 Å². The van der Waals surface area contributed by atoms with E-state index in [9.17, 15) is 18.0 Å². The Hall–Kier alpha value is -2.98. The summed E-state index contributed by atoms with van der Waals surface area (Å²) < 4.78 is 46.6. The average molecular weight is 511 g/mol. The number of benzene rings is 2. The van der Waals surface area contributed by atoms with Crippen LogP contribution in [0.1, 0.15) is 23.9 Å². The molecule has 1 amide bonds. The molecule has 0 atom stereocenters. The Morgan fingerprint density at radius 1 is 1.24 bits per heavy atom. The topological polar surface area (TPSA) is 69.0 Å². The lowest BCUT2D eigenvalue weighted by atomic mass is 10.2. The van der Waals surface area contributed by atoms with Crippen LogP contribution in [0.15, 0.2) is 60.3 Å². The Morgan fingerprint density at radius 2 is 1.97 bits per heavy atom. The molecule has 11 heteroatoms. The molecule has 1 heterocycles. The smallest absolute Gasteiger partial charge is 0.417 e. The number of aromatic nitrogens is 3. The zero-order valence-corrected chi connectivity index (χ0v) is 19.8. The van der Waals surface area contributed by atoms with Crippen LogP contribution >= 0.6 is 23.4 Å². The number of hydrogen-bond donors (Lipinski definition) is 1. The summed E-state index contributed by atoms with van der Waals surface area (Å²) in [5, 5.41) is 10.7. The predicted molar refractivity (Wildman–Crippen MR) is 126 cm³/mol. The SMILES string of the molecule is C=CCn1c(COc2ccc(CC)cc2)nnc1SCC(=O)Nc1ccc(Cl)c(C(F)(F)F)c1. The minimum absolute atomic E-state index is 0.00179. The second-order valence-electron chi connectivity index (χ2n) is 7.11. The van der Waals surface area contributed by atoms with Crippen molar-refractivity contribution < 1.29 is 22.7 Å². The van der Waals surface area contributed by atoms with Crippen LogP contribution in [0.5, 0.6) is 5.75 Å². The molecule has 3 rings (SSSR count). The number of rotatable bonds is 10. The maximum absolute atomic E-state index is 13.0. The first-order valence-electron chi connectivity index (χ1n) is 10.2. The fourth-order valence-corrected chi connectivity index (χ4v) is 3.95. The first-order chi connectivity index (χ1) is 16.2. The first kappa shape index (κ1) is 25.6. The molecular weight excluding hydrogens is 489 g/mol. The van der Waals surface area contributed by atoms with Crippen LogP contribution in [-0.4, -0.2) is 26.4 Å². The Balaban J connectivity index is 1.62. The quantitative estimate of drug-likeness (QED) is 0.267. The van der Waals surface area contributed by atoms with Gasteiger partial charge in [-0.15, -0.1) is 16.8 Å². The summed E-state index contributed by atoms with van der Waals surface area (Å²) in [7, 11) is 0. The number of thioether (sulfide) groups is 1. The van der Waals surface area contributed by atoms with Gasteiger partial charge in [0.15, 0.2) is 11.0 Å². The van der Waals surface area contributed by atoms with E-state index < -0.39 is 22.7 Å². The number of ether oxygens (including phenoxy) is 1.